The molecule has 94 valence electrons. The summed E-state index contributed by atoms with van der Waals surface area (Å²) in [6.45, 7) is 0. The predicted octanol–water partition coefficient (Wildman–Crippen LogP) is 4.56. The minimum atomic E-state index is 0.0379. The third kappa shape index (κ3) is 1.88. The van der Waals surface area contributed by atoms with Gasteiger partial charge in [-0.15, -0.1) is 0 Å². The van der Waals surface area contributed by atoms with Crippen LogP contribution in [0.15, 0.2) is 11.1 Å². The van der Waals surface area contributed by atoms with Crippen molar-refractivity contribution in [3.8, 4) is 0 Å². The maximum absolute atomic E-state index is 12.5. The highest BCUT2D eigenvalue weighted by Gasteiger charge is 2.45. The van der Waals surface area contributed by atoms with E-state index in [0.29, 0.717) is 5.78 Å². The Morgan fingerprint density at radius 1 is 0.706 bits per heavy atom. The van der Waals surface area contributed by atoms with Crippen LogP contribution >= 0.6 is 0 Å². The van der Waals surface area contributed by atoms with Gasteiger partial charge in [0.2, 0.25) is 0 Å². The predicted molar refractivity (Wildman–Crippen MR) is 69.9 cm³/mol. The van der Waals surface area contributed by atoms with E-state index in [9.17, 15) is 4.79 Å². The Bertz CT molecular complexity index is 345. The highest BCUT2D eigenvalue weighted by Crippen LogP contribution is 2.51. The van der Waals surface area contributed by atoms with E-state index in [4.69, 9.17) is 0 Å². The van der Waals surface area contributed by atoms with Crippen molar-refractivity contribution >= 4 is 5.78 Å². The number of carbonyl (C=O) groups excluding carboxylic acids is 1. The number of hydrogen-bond acceptors (Lipinski definition) is 1. The van der Waals surface area contributed by atoms with E-state index in [2.05, 4.69) is 0 Å². The van der Waals surface area contributed by atoms with Gasteiger partial charge >= 0.3 is 0 Å². The van der Waals surface area contributed by atoms with Gasteiger partial charge in [-0.1, -0.05) is 36.8 Å². The molecule has 0 radical (unpaired) electrons. The second kappa shape index (κ2) is 4.59. The molecule has 0 bridgehead atoms. The van der Waals surface area contributed by atoms with Crippen molar-refractivity contribution in [2.45, 2.75) is 77.0 Å². The van der Waals surface area contributed by atoms with Crippen LogP contribution in [0.5, 0.6) is 0 Å². The Labute approximate surface area is 105 Å². The first kappa shape index (κ1) is 11.5. The monoisotopic (exact) mass is 232 g/mol. The molecule has 0 aromatic carbocycles. The van der Waals surface area contributed by atoms with Crippen LogP contribution < -0.4 is 0 Å². The third-order valence-electron chi connectivity index (χ3n) is 5.30. The first-order valence-corrected chi connectivity index (χ1v) is 7.58. The highest BCUT2D eigenvalue weighted by molar-refractivity contribution is 5.89. The Balaban J connectivity index is 1.99. The van der Waals surface area contributed by atoms with Crippen LogP contribution in [0.3, 0.4) is 0 Å². The second-order valence-corrected chi connectivity index (χ2v) is 6.21. The number of carbonyl (C=O) groups is 1. The molecule has 1 nitrogen and oxygen atoms in total. The summed E-state index contributed by atoms with van der Waals surface area (Å²) in [6.07, 6.45) is 14.8. The molecule has 0 aromatic heterocycles. The Morgan fingerprint density at radius 2 is 1.41 bits per heavy atom. The van der Waals surface area contributed by atoms with Crippen molar-refractivity contribution in [2.75, 3.05) is 0 Å². The van der Waals surface area contributed by atoms with Gasteiger partial charge in [0.05, 0.1) is 5.41 Å². The normalized spacial score (nSPS) is 29.1. The van der Waals surface area contributed by atoms with Crippen LogP contribution in [0.4, 0.5) is 0 Å². The summed E-state index contributed by atoms with van der Waals surface area (Å²) in [5.41, 5.74) is 3.37. The topological polar surface area (TPSA) is 17.1 Å². The minimum absolute atomic E-state index is 0.0379. The molecule has 0 N–H and O–H groups in total. The summed E-state index contributed by atoms with van der Waals surface area (Å²) in [4.78, 5) is 12.5. The van der Waals surface area contributed by atoms with Gasteiger partial charge in [0.15, 0.2) is 0 Å². The van der Waals surface area contributed by atoms with Gasteiger partial charge in [-0.3, -0.25) is 4.79 Å². The molecule has 0 unspecified atom stereocenters. The van der Waals surface area contributed by atoms with Crippen molar-refractivity contribution < 1.29 is 4.79 Å². The average Bonchev–Trinajstić information content (AvgIpc) is 2.61. The Hall–Kier alpha value is -0.590. The van der Waals surface area contributed by atoms with Crippen LogP contribution in [0.25, 0.3) is 0 Å². The molecule has 1 saturated carbocycles. The van der Waals surface area contributed by atoms with Gasteiger partial charge in [0, 0.05) is 6.42 Å². The molecule has 0 saturated heterocycles. The smallest absolute Gasteiger partial charge is 0.143 e. The lowest BCUT2D eigenvalue weighted by Crippen LogP contribution is -2.38. The van der Waals surface area contributed by atoms with Crippen molar-refractivity contribution in [1.29, 1.82) is 0 Å². The largest absolute Gasteiger partial charge is 0.299 e. The lowest BCUT2D eigenvalue weighted by Gasteiger charge is -2.42. The number of fused-ring (bicyclic) bond motifs is 1. The zero-order chi connectivity index (χ0) is 11.7. The van der Waals surface area contributed by atoms with Crippen LogP contribution in [0, 0.1) is 5.41 Å². The van der Waals surface area contributed by atoms with Crippen LogP contribution in [-0.2, 0) is 4.79 Å². The lowest BCUT2D eigenvalue weighted by molar-refractivity contribution is -0.129. The Kier molecular flexibility index (Phi) is 3.10. The summed E-state index contributed by atoms with van der Waals surface area (Å²) >= 11 is 0. The number of hydrogen-bond donors (Lipinski definition) is 0. The molecule has 3 rings (SSSR count). The zero-order valence-corrected chi connectivity index (χ0v) is 10.9. The summed E-state index contributed by atoms with van der Waals surface area (Å²) in [6, 6.07) is 0. The van der Waals surface area contributed by atoms with E-state index in [1.54, 1.807) is 11.1 Å². The Morgan fingerprint density at radius 3 is 2.24 bits per heavy atom. The van der Waals surface area contributed by atoms with Crippen molar-refractivity contribution in [1.82, 2.24) is 0 Å². The van der Waals surface area contributed by atoms with E-state index < -0.39 is 0 Å². The summed E-state index contributed by atoms with van der Waals surface area (Å²) in [5.74, 6) is 0.595. The van der Waals surface area contributed by atoms with E-state index in [-0.39, 0.29) is 5.41 Å². The van der Waals surface area contributed by atoms with Gasteiger partial charge in [-0.25, -0.2) is 0 Å². The van der Waals surface area contributed by atoms with Crippen molar-refractivity contribution in [2.24, 2.45) is 5.41 Å². The summed E-state index contributed by atoms with van der Waals surface area (Å²) in [7, 11) is 0. The lowest BCUT2D eigenvalue weighted by atomic mass is 9.60. The first-order chi connectivity index (χ1) is 8.33. The average molecular weight is 232 g/mol. The standard InChI is InChI=1S/C16H24O/c17-15-10-9-13-7-3-1-4-8-14(13)16(15)11-5-2-6-12-16/h1-12H2. The zero-order valence-electron chi connectivity index (χ0n) is 10.9. The molecule has 1 fully saturated rings. The molecule has 3 aliphatic carbocycles. The summed E-state index contributed by atoms with van der Waals surface area (Å²) < 4.78 is 0. The molecule has 1 spiro atoms. The van der Waals surface area contributed by atoms with E-state index in [1.165, 1.54) is 64.2 Å². The highest BCUT2D eigenvalue weighted by atomic mass is 16.1. The molecule has 3 aliphatic rings. The fourth-order valence-electron chi connectivity index (χ4n) is 4.41. The fourth-order valence-corrected chi connectivity index (χ4v) is 4.41. The maximum Gasteiger partial charge on any atom is 0.143 e. The molecule has 17 heavy (non-hydrogen) atoms. The van der Waals surface area contributed by atoms with Crippen LogP contribution in [-0.4, -0.2) is 5.78 Å². The first-order valence-electron chi connectivity index (χ1n) is 7.58. The molecular formula is C16H24O. The van der Waals surface area contributed by atoms with Crippen molar-refractivity contribution in [3.05, 3.63) is 11.1 Å². The second-order valence-electron chi connectivity index (χ2n) is 6.21. The van der Waals surface area contributed by atoms with Crippen LogP contribution in [0.2, 0.25) is 0 Å². The molecule has 0 aromatic rings. The van der Waals surface area contributed by atoms with E-state index >= 15 is 0 Å². The van der Waals surface area contributed by atoms with Gasteiger partial charge < -0.3 is 0 Å². The van der Waals surface area contributed by atoms with Gasteiger partial charge in [-0.05, 0) is 44.9 Å². The van der Waals surface area contributed by atoms with Crippen molar-refractivity contribution in [3.63, 3.8) is 0 Å². The molecular weight excluding hydrogens is 208 g/mol. The number of Topliss-reactive ketones (excluding diaryl/α,β-unsaturated/α-hetero) is 1. The molecule has 0 aliphatic heterocycles. The maximum atomic E-state index is 12.5. The number of rotatable bonds is 0. The van der Waals surface area contributed by atoms with Crippen LogP contribution in [0.1, 0.15) is 77.0 Å². The van der Waals surface area contributed by atoms with Gasteiger partial charge in [0.25, 0.3) is 0 Å². The third-order valence-corrected chi connectivity index (χ3v) is 5.30. The number of ketones is 1. The molecule has 0 heterocycles. The number of allylic oxidation sites excluding steroid dienone is 2. The molecule has 1 heteroatoms. The van der Waals surface area contributed by atoms with Gasteiger partial charge in [0.1, 0.15) is 5.78 Å². The fraction of sp³-hybridized carbons (Fsp3) is 0.812. The van der Waals surface area contributed by atoms with E-state index in [0.717, 1.165) is 12.8 Å². The molecule has 0 atom stereocenters. The van der Waals surface area contributed by atoms with Gasteiger partial charge in [-0.2, -0.15) is 0 Å². The quantitative estimate of drug-likeness (QED) is 0.559. The molecule has 0 amide bonds. The van der Waals surface area contributed by atoms with E-state index in [1.807, 2.05) is 0 Å². The summed E-state index contributed by atoms with van der Waals surface area (Å²) in [5, 5.41) is 0. The minimum Gasteiger partial charge on any atom is -0.299 e. The SMILES string of the molecule is O=C1CCC2=C(CCCCC2)C12CCCCC2.